The van der Waals surface area contributed by atoms with Crippen LogP contribution in [-0.4, -0.2) is 40.2 Å². The van der Waals surface area contributed by atoms with Gasteiger partial charge in [-0.15, -0.1) is 0 Å². The van der Waals surface area contributed by atoms with Crippen LogP contribution in [0.15, 0.2) is 36.5 Å². The van der Waals surface area contributed by atoms with Crippen LogP contribution in [0.5, 0.6) is 0 Å². The minimum absolute atomic E-state index is 0.00838. The normalized spacial score (nSPS) is 28.1. The minimum Gasteiger partial charge on any atom is -0.369 e. The maximum atomic E-state index is 14.6. The van der Waals surface area contributed by atoms with Gasteiger partial charge in [0, 0.05) is 23.7 Å². The largest absolute Gasteiger partial charge is 0.369 e. The third kappa shape index (κ3) is 3.34. The number of anilines is 1. The van der Waals surface area contributed by atoms with Gasteiger partial charge in [-0.25, -0.2) is 18.2 Å². The van der Waals surface area contributed by atoms with E-state index in [1.54, 1.807) is 0 Å². The topological polar surface area (TPSA) is 96.6 Å². The first-order valence-electron chi connectivity index (χ1n) is 10.6. The van der Waals surface area contributed by atoms with Gasteiger partial charge in [0.25, 0.3) is 12.3 Å². The van der Waals surface area contributed by atoms with E-state index in [9.17, 15) is 27.6 Å². The molecule has 11 heteroatoms. The summed E-state index contributed by atoms with van der Waals surface area (Å²) in [5.41, 5.74) is 4.59. The predicted octanol–water partition coefficient (Wildman–Crippen LogP) is 3.21. The monoisotopic (exact) mass is 492 g/mol. The molecule has 0 spiro atoms. The summed E-state index contributed by atoms with van der Waals surface area (Å²) in [7, 11) is 0. The number of pyridine rings is 1. The highest BCUT2D eigenvalue weighted by molar-refractivity contribution is 6.30. The number of carbonyl (C=O) groups is 3. The Bertz CT molecular complexity index is 1190. The second-order valence-electron chi connectivity index (χ2n) is 9.39. The summed E-state index contributed by atoms with van der Waals surface area (Å²) in [6, 6.07) is 5.55. The first-order chi connectivity index (χ1) is 16.0. The second-order valence-corrected chi connectivity index (χ2v) is 9.82. The molecule has 2 aromatic rings. The van der Waals surface area contributed by atoms with Crippen molar-refractivity contribution in [2.45, 2.75) is 38.3 Å². The fourth-order valence-electron chi connectivity index (χ4n) is 5.67. The number of halogens is 4. The van der Waals surface area contributed by atoms with Crippen molar-refractivity contribution in [3.05, 3.63) is 58.5 Å². The van der Waals surface area contributed by atoms with Gasteiger partial charge in [0.05, 0.1) is 10.4 Å². The van der Waals surface area contributed by atoms with Crippen LogP contribution in [0.4, 0.5) is 19.0 Å². The highest BCUT2D eigenvalue weighted by Crippen LogP contribution is 2.75. The van der Waals surface area contributed by atoms with E-state index in [0.717, 1.165) is 11.0 Å². The van der Waals surface area contributed by atoms with Gasteiger partial charge < -0.3 is 10.6 Å². The average Bonchev–Trinajstić information content (AvgIpc) is 2.71. The molecule has 2 bridgehead atoms. The Hall–Kier alpha value is -3.14. The zero-order chi connectivity index (χ0) is 24.4. The standard InChI is InChI=1S/C23H20ClF3N4O3/c24-14-5-15(25)19(29-6-14)31-8-16(32)30(7-12-1-3-13(4-2-12)18(26)27)17(20(31)33)22-9-23(10-22,11-22)21(28)34/h1-6,17-18H,7-11H2,(H2,28,34). The van der Waals surface area contributed by atoms with E-state index in [-0.39, 0.29) is 22.9 Å². The zero-order valence-electron chi connectivity index (χ0n) is 17.8. The zero-order valence-corrected chi connectivity index (χ0v) is 18.6. The van der Waals surface area contributed by atoms with E-state index in [1.807, 2.05) is 0 Å². The van der Waals surface area contributed by atoms with Crippen LogP contribution in [-0.2, 0) is 20.9 Å². The number of nitrogens with two attached hydrogens (primary N) is 1. The molecule has 1 aliphatic heterocycles. The molecule has 7 nitrogen and oxygen atoms in total. The minimum atomic E-state index is -2.62. The van der Waals surface area contributed by atoms with Gasteiger partial charge in [-0.05, 0) is 30.9 Å². The van der Waals surface area contributed by atoms with Gasteiger partial charge in [0.2, 0.25) is 11.8 Å². The lowest BCUT2D eigenvalue weighted by atomic mass is 9.32. The van der Waals surface area contributed by atoms with E-state index in [0.29, 0.717) is 24.8 Å². The highest BCUT2D eigenvalue weighted by atomic mass is 35.5. The van der Waals surface area contributed by atoms with Crippen molar-refractivity contribution in [3.63, 3.8) is 0 Å². The second kappa shape index (κ2) is 7.69. The van der Waals surface area contributed by atoms with E-state index in [4.69, 9.17) is 17.3 Å². The molecule has 6 rings (SSSR count). The lowest BCUT2D eigenvalue weighted by Crippen LogP contribution is -2.78. The number of benzene rings is 1. The first-order valence-corrected chi connectivity index (χ1v) is 11.0. The van der Waals surface area contributed by atoms with Crippen LogP contribution in [0.25, 0.3) is 0 Å². The van der Waals surface area contributed by atoms with Crippen LogP contribution in [0, 0.1) is 16.6 Å². The predicted molar refractivity (Wildman–Crippen MR) is 115 cm³/mol. The molecule has 178 valence electrons. The van der Waals surface area contributed by atoms with Crippen molar-refractivity contribution in [3.8, 4) is 0 Å². The van der Waals surface area contributed by atoms with Crippen molar-refractivity contribution in [1.29, 1.82) is 0 Å². The Morgan fingerprint density at radius 2 is 1.85 bits per heavy atom. The number of piperazine rings is 1. The van der Waals surface area contributed by atoms with Gasteiger partial charge in [-0.1, -0.05) is 35.9 Å². The smallest absolute Gasteiger partial charge is 0.263 e. The molecule has 1 aromatic carbocycles. The van der Waals surface area contributed by atoms with E-state index >= 15 is 0 Å². The third-order valence-corrected chi connectivity index (χ3v) is 7.43. The number of rotatable bonds is 6. The maximum absolute atomic E-state index is 14.6. The lowest BCUT2D eigenvalue weighted by molar-refractivity contribution is -0.231. The SMILES string of the molecule is NC(=O)C12CC(C3C(=O)N(c4ncc(Cl)cc4F)CC(=O)N3Cc3ccc(C(F)F)cc3)(C1)C2. The van der Waals surface area contributed by atoms with Gasteiger partial charge >= 0.3 is 0 Å². The van der Waals surface area contributed by atoms with Crippen LogP contribution in [0.1, 0.15) is 36.8 Å². The van der Waals surface area contributed by atoms with Crippen molar-refractivity contribution < 1.29 is 27.6 Å². The number of carbonyl (C=O) groups excluding carboxylic acids is 3. The quantitative estimate of drug-likeness (QED) is 0.669. The Kier molecular flexibility index (Phi) is 5.12. The number of aromatic nitrogens is 1. The summed E-state index contributed by atoms with van der Waals surface area (Å²) in [5, 5.41) is 0.0466. The Morgan fingerprint density at radius 1 is 1.21 bits per heavy atom. The number of alkyl halides is 2. The van der Waals surface area contributed by atoms with Crippen molar-refractivity contribution >= 4 is 35.1 Å². The first kappa shape index (κ1) is 22.6. The molecule has 1 saturated heterocycles. The number of hydrogen-bond acceptors (Lipinski definition) is 4. The van der Waals surface area contributed by atoms with Crippen molar-refractivity contribution in [2.24, 2.45) is 16.6 Å². The van der Waals surface area contributed by atoms with Crippen LogP contribution in [0.3, 0.4) is 0 Å². The summed E-state index contributed by atoms with van der Waals surface area (Å²) in [4.78, 5) is 45.1. The van der Waals surface area contributed by atoms with Crippen LogP contribution in [0.2, 0.25) is 5.02 Å². The molecule has 34 heavy (non-hydrogen) atoms. The Morgan fingerprint density at radius 3 is 2.41 bits per heavy atom. The number of hydrogen-bond donors (Lipinski definition) is 1. The fourth-order valence-corrected chi connectivity index (χ4v) is 5.81. The summed E-state index contributed by atoms with van der Waals surface area (Å²) < 4.78 is 40.4. The van der Waals surface area contributed by atoms with Gasteiger partial charge in [0.15, 0.2) is 11.6 Å². The van der Waals surface area contributed by atoms with E-state index in [1.165, 1.54) is 35.4 Å². The molecular weight excluding hydrogens is 473 g/mol. The van der Waals surface area contributed by atoms with Crippen LogP contribution >= 0.6 is 11.6 Å². The highest BCUT2D eigenvalue weighted by Gasteiger charge is 2.76. The molecule has 2 N–H and O–H groups in total. The molecule has 3 saturated carbocycles. The summed E-state index contributed by atoms with van der Waals surface area (Å²) in [6.45, 7) is -0.429. The molecule has 1 unspecified atom stereocenters. The van der Waals surface area contributed by atoms with Crippen LogP contribution < -0.4 is 10.6 Å². The number of primary amides is 1. The van der Waals surface area contributed by atoms with Crippen molar-refractivity contribution in [2.75, 3.05) is 11.4 Å². The molecule has 4 fully saturated rings. The summed E-state index contributed by atoms with van der Waals surface area (Å²) in [6.07, 6.45) is -0.383. The molecule has 2 heterocycles. The molecular formula is C23H20ClF3N4O3. The molecule has 1 aromatic heterocycles. The molecule has 3 aliphatic carbocycles. The average molecular weight is 493 g/mol. The molecule has 0 radical (unpaired) electrons. The fraction of sp³-hybridized carbons (Fsp3) is 0.391. The van der Waals surface area contributed by atoms with Gasteiger partial charge in [-0.2, -0.15) is 0 Å². The maximum Gasteiger partial charge on any atom is 0.263 e. The number of amides is 3. The van der Waals surface area contributed by atoms with E-state index in [2.05, 4.69) is 4.98 Å². The Balaban J connectivity index is 1.48. The van der Waals surface area contributed by atoms with Crippen molar-refractivity contribution in [1.82, 2.24) is 9.88 Å². The third-order valence-electron chi connectivity index (χ3n) is 7.23. The summed E-state index contributed by atoms with van der Waals surface area (Å²) >= 11 is 5.78. The van der Waals surface area contributed by atoms with E-state index < -0.39 is 53.4 Å². The van der Waals surface area contributed by atoms with Gasteiger partial charge in [-0.3, -0.25) is 19.3 Å². The molecule has 4 aliphatic rings. The molecule has 3 amide bonds. The lowest BCUT2D eigenvalue weighted by Gasteiger charge is -2.72. The summed E-state index contributed by atoms with van der Waals surface area (Å²) in [5.74, 6) is -2.55. The molecule has 1 atom stereocenters. The van der Waals surface area contributed by atoms with Gasteiger partial charge in [0.1, 0.15) is 12.6 Å². The Labute approximate surface area is 197 Å². The number of nitrogens with zero attached hydrogens (tertiary/aromatic N) is 3.